The van der Waals surface area contributed by atoms with Gasteiger partial charge in [-0.3, -0.25) is 19.2 Å². The number of carbonyl (C=O) groups is 4. The second-order valence-electron chi connectivity index (χ2n) is 17.2. The van der Waals surface area contributed by atoms with Crippen molar-refractivity contribution in [1.82, 2.24) is 45.6 Å². The van der Waals surface area contributed by atoms with Gasteiger partial charge in [-0.25, -0.2) is 18.2 Å². The fraction of sp³-hybridized carbons (Fsp3) is 0.558. The number of benzene rings is 2. The van der Waals surface area contributed by atoms with Gasteiger partial charge < -0.3 is 40.6 Å². The fourth-order valence-corrected chi connectivity index (χ4v) is 8.38. The minimum absolute atomic E-state index is 0.0237. The summed E-state index contributed by atoms with van der Waals surface area (Å²) >= 11 is 0. The van der Waals surface area contributed by atoms with Crippen LogP contribution in [0.3, 0.4) is 0 Å². The van der Waals surface area contributed by atoms with Gasteiger partial charge in [-0.15, -0.1) is 0 Å². The Hall–Kier alpha value is -4.96. The second kappa shape index (κ2) is 17.7. The van der Waals surface area contributed by atoms with Crippen LogP contribution in [0.5, 0.6) is 0 Å². The van der Waals surface area contributed by atoms with E-state index in [9.17, 15) is 28.0 Å². The number of amides is 4. The molecule has 2 aliphatic heterocycles. The van der Waals surface area contributed by atoms with Crippen LogP contribution in [0.1, 0.15) is 72.8 Å². The quantitative estimate of drug-likeness (QED) is 0.125. The third kappa shape index (κ3) is 9.13. The number of imidazole rings is 1. The Balaban J connectivity index is 1.40. The number of fused-ring (bicyclic) bond motifs is 2. The maximum Gasteiger partial charge on any atom is 0.246 e. The summed E-state index contributed by atoms with van der Waals surface area (Å²) in [6, 6.07) is 5.02. The van der Waals surface area contributed by atoms with E-state index in [-0.39, 0.29) is 43.3 Å². The van der Waals surface area contributed by atoms with Crippen LogP contribution < -0.4 is 21.3 Å². The van der Waals surface area contributed by atoms with Gasteiger partial charge in [-0.05, 0) is 94.9 Å². The number of halogens is 3. The van der Waals surface area contributed by atoms with Gasteiger partial charge in [0, 0.05) is 42.5 Å². The molecular weight excluding hydrogens is 764 g/mol. The van der Waals surface area contributed by atoms with E-state index in [2.05, 4.69) is 26.3 Å². The van der Waals surface area contributed by atoms with Crippen LogP contribution in [-0.2, 0) is 32.1 Å². The molecule has 16 heteroatoms. The second-order valence-corrected chi connectivity index (χ2v) is 17.2. The predicted octanol–water partition coefficient (Wildman–Crippen LogP) is 4.58. The molecule has 5 N–H and O–H groups in total. The van der Waals surface area contributed by atoms with Crippen molar-refractivity contribution >= 4 is 45.6 Å². The average Bonchev–Trinajstić information content (AvgIpc) is 3.98. The number of hydrogen-bond donors (Lipinski definition) is 5. The van der Waals surface area contributed by atoms with Gasteiger partial charge in [-0.1, -0.05) is 27.7 Å². The van der Waals surface area contributed by atoms with Gasteiger partial charge in [0.15, 0.2) is 5.82 Å². The molecule has 13 nitrogen and oxygen atoms in total. The lowest BCUT2D eigenvalue weighted by Gasteiger charge is -2.36. The monoisotopic (exact) mass is 821 g/mol. The van der Waals surface area contributed by atoms with E-state index >= 15 is 4.39 Å². The van der Waals surface area contributed by atoms with E-state index in [1.807, 2.05) is 37.2 Å². The van der Waals surface area contributed by atoms with Crippen molar-refractivity contribution in [1.29, 1.82) is 0 Å². The molecule has 7 atom stereocenters. The Morgan fingerprint density at radius 2 is 1.58 bits per heavy atom. The van der Waals surface area contributed by atoms with E-state index in [1.165, 1.54) is 29.2 Å². The lowest BCUT2D eigenvalue weighted by molar-refractivity contribution is -0.140. The van der Waals surface area contributed by atoms with E-state index in [0.717, 1.165) is 17.4 Å². The van der Waals surface area contributed by atoms with Crippen LogP contribution in [0.15, 0.2) is 36.4 Å². The first-order valence-corrected chi connectivity index (χ1v) is 20.6. The molecule has 0 radical (unpaired) electrons. The van der Waals surface area contributed by atoms with Crippen LogP contribution in [0.2, 0.25) is 0 Å². The summed E-state index contributed by atoms with van der Waals surface area (Å²) in [4.78, 5) is 65.9. The number of hydrogen-bond acceptors (Lipinski definition) is 7. The maximum atomic E-state index is 15.5. The highest BCUT2D eigenvalue weighted by molar-refractivity contribution is 5.93. The van der Waals surface area contributed by atoms with Crippen LogP contribution in [-0.4, -0.2) is 118 Å². The molecule has 0 spiro atoms. The van der Waals surface area contributed by atoms with E-state index in [1.54, 1.807) is 40.1 Å². The van der Waals surface area contributed by atoms with Crippen molar-refractivity contribution in [3.63, 3.8) is 0 Å². The zero-order valence-corrected chi connectivity index (χ0v) is 35.2. The number of alkyl halides is 1. The van der Waals surface area contributed by atoms with E-state index in [4.69, 9.17) is 4.98 Å². The molecule has 2 fully saturated rings. The van der Waals surface area contributed by atoms with Crippen LogP contribution in [0, 0.1) is 17.0 Å². The topological polar surface area (TPSA) is 156 Å². The summed E-state index contributed by atoms with van der Waals surface area (Å²) in [7, 11) is 3.33. The number of likely N-dealkylation sites (N-methyl/N-ethyl adjacent to an activating group) is 2. The van der Waals surface area contributed by atoms with Gasteiger partial charge in [-0.2, -0.15) is 0 Å². The Kier molecular flexibility index (Phi) is 13.1. The van der Waals surface area contributed by atoms with Crippen LogP contribution in [0.25, 0.3) is 33.5 Å². The third-order valence-electron chi connectivity index (χ3n) is 12.0. The molecule has 2 saturated heterocycles. The van der Waals surface area contributed by atoms with E-state index < -0.39 is 59.3 Å². The molecule has 2 aromatic carbocycles. The van der Waals surface area contributed by atoms with Crippen molar-refractivity contribution in [3.05, 3.63) is 53.6 Å². The maximum absolute atomic E-state index is 15.5. The number of H-pyrrole nitrogens is 1. The molecule has 4 aromatic rings. The number of nitrogens with zero attached hydrogens (tertiary/aromatic N) is 4. The summed E-state index contributed by atoms with van der Waals surface area (Å²) < 4.78 is 47.0. The standard InChI is InChI=1S/C43H58F3N9O4/c1-9-32(51-39(56)23(2)47-7)41(58)53-16-10-11-28(53)20-31-30-14-12-25(44)18-33(30)49-36(31)38-50-34-19-26(45)13-15-35(34)55(38)22-29-17-27(46)21-54(29)42(59)37(43(4,5)6)52-40(57)24(3)48-8/h12-15,18-19,23-24,27-29,32,37,47-49H,9-11,16-17,20-22H2,1-8H3,(H,51,56)(H,52,57)/t23-,24-,27-,28-,29-,32-,37+/m0/s1. The van der Waals surface area contributed by atoms with Crippen molar-refractivity contribution < 1.29 is 32.3 Å². The Labute approximate surface area is 343 Å². The Morgan fingerprint density at radius 3 is 2.24 bits per heavy atom. The van der Waals surface area contributed by atoms with Gasteiger partial charge in [0.1, 0.15) is 29.9 Å². The zero-order chi connectivity index (χ0) is 42.9. The minimum atomic E-state index is -1.33. The highest BCUT2D eigenvalue weighted by Gasteiger charge is 2.43. The number of likely N-dealkylation sites (tertiary alicyclic amines) is 2. The molecule has 4 amide bonds. The normalized spacial score (nSPS) is 20.6. The van der Waals surface area contributed by atoms with Crippen molar-refractivity contribution in [2.45, 2.75) is 123 Å². The Morgan fingerprint density at radius 1 is 0.915 bits per heavy atom. The van der Waals surface area contributed by atoms with Gasteiger partial charge in [0.25, 0.3) is 0 Å². The number of aromatic amines is 1. The summed E-state index contributed by atoms with van der Waals surface area (Å²) in [5.41, 5.74) is 1.96. The highest BCUT2D eigenvalue weighted by Crippen LogP contribution is 2.37. The molecule has 0 aliphatic carbocycles. The lowest BCUT2D eigenvalue weighted by Crippen LogP contribution is -2.58. The molecule has 2 aliphatic rings. The van der Waals surface area contributed by atoms with Gasteiger partial charge >= 0.3 is 0 Å². The predicted molar refractivity (Wildman–Crippen MR) is 221 cm³/mol. The molecule has 0 bridgehead atoms. The lowest BCUT2D eigenvalue weighted by atomic mass is 9.85. The molecule has 320 valence electrons. The first-order chi connectivity index (χ1) is 27.9. The summed E-state index contributed by atoms with van der Waals surface area (Å²) in [5, 5.41) is 12.3. The number of rotatable bonds is 14. The number of nitrogens with one attached hydrogen (secondary N) is 5. The van der Waals surface area contributed by atoms with Crippen molar-refractivity contribution in [2.75, 3.05) is 27.2 Å². The summed E-state index contributed by atoms with van der Waals surface area (Å²) in [5.74, 6) is -1.81. The molecule has 0 saturated carbocycles. The van der Waals surface area contributed by atoms with Crippen molar-refractivity contribution in [2.24, 2.45) is 5.41 Å². The smallest absolute Gasteiger partial charge is 0.246 e. The number of carbonyl (C=O) groups excluding carboxylic acids is 4. The molecule has 4 heterocycles. The molecule has 59 heavy (non-hydrogen) atoms. The first-order valence-electron chi connectivity index (χ1n) is 20.6. The van der Waals surface area contributed by atoms with Gasteiger partial charge in [0.05, 0.1) is 41.4 Å². The fourth-order valence-electron chi connectivity index (χ4n) is 8.38. The number of aromatic nitrogens is 3. The van der Waals surface area contributed by atoms with Crippen LogP contribution in [0.4, 0.5) is 13.2 Å². The summed E-state index contributed by atoms with van der Waals surface area (Å²) in [6.07, 6.45) is 0.894. The van der Waals surface area contributed by atoms with Crippen molar-refractivity contribution in [3.8, 4) is 11.5 Å². The first kappa shape index (κ1) is 43.6. The Bertz CT molecular complexity index is 2200. The largest absolute Gasteiger partial charge is 0.352 e. The summed E-state index contributed by atoms with van der Waals surface area (Å²) in [6.45, 7) is 11.2. The SMILES string of the molecule is CC[C@H](NC(=O)[C@H](C)NC)C(=O)N1CCC[C@H]1Cc1c(-c2nc3cc(F)ccc3n2C[C@@H]2C[C@H](F)CN2C(=O)[C@@H](NC(=O)[C@H](C)NC)C(C)(C)C)[nH]c2cc(F)ccc12. The highest BCUT2D eigenvalue weighted by atomic mass is 19.1. The zero-order valence-electron chi connectivity index (χ0n) is 35.2. The molecular formula is C43H58F3N9O4. The minimum Gasteiger partial charge on any atom is -0.352 e. The average molecular weight is 822 g/mol. The van der Waals surface area contributed by atoms with Gasteiger partial charge in [0.2, 0.25) is 23.6 Å². The molecule has 2 aromatic heterocycles. The molecule has 0 unspecified atom stereocenters. The van der Waals surface area contributed by atoms with E-state index in [0.29, 0.717) is 53.9 Å². The molecule has 6 rings (SSSR count). The third-order valence-corrected chi connectivity index (χ3v) is 12.0. The van der Waals surface area contributed by atoms with Crippen LogP contribution >= 0.6 is 0 Å².